The molecule has 2 amide bonds. The number of nitrogens with zero attached hydrogens (tertiary/aromatic N) is 1. The highest BCUT2D eigenvalue weighted by molar-refractivity contribution is 7.98. The maximum absolute atomic E-state index is 12.3. The fourth-order valence-corrected chi connectivity index (χ4v) is 4.40. The number of hydrogen-bond donors (Lipinski definition) is 2. The SMILES string of the molecule is NC(=O)C1CCCN(CCCNC(=O)c2ccc(SCc3ccccc3)cc2)C1. The van der Waals surface area contributed by atoms with E-state index in [1.807, 2.05) is 42.5 Å². The van der Waals surface area contributed by atoms with Gasteiger partial charge in [0, 0.05) is 29.3 Å². The highest BCUT2D eigenvalue weighted by Gasteiger charge is 2.23. The minimum absolute atomic E-state index is 0.0309. The number of hydrogen-bond acceptors (Lipinski definition) is 4. The Hall–Kier alpha value is -2.31. The molecule has 2 aromatic carbocycles. The summed E-state index contributed by atoms with van der Waals surface area (Å²) in [5.74, 6) is 0.641. The summed E-state index contributed by atoms with van der Waals surface area (Å²) in [6, 6.07) is 18.1. The molecule has 2 aromatic rings. The molecule has 0 bridgehead atoms. The fraction of sp³-hybridized carbons (Fsp3) is 0.391. The van der Waals surface area contributed by atoms with Crippen LogP contribution < -0.4 is 11.1 Å². The highest BCUT2D eigenvalue weighted by atomic mass is 32.2. The van der Waals surface area contributed by atoms with Gasteiger partial charge in [-0.2, -0.15) is 0 Å². The van der Waals surface area contributed by atoms with E-state index >= 15 is 0 Å². The second-order valence-corrected chi connectivity index (χ2v) is 8.50. The Morgan fingerprint density at radius 1 is 1.10 bits per heavy atom. The van der Waals surface area contributed by atoms with Gasteiger partial charge < -0.3 is 16.0 Å². The van der Waals surface area contributed by atoms with E-state index in [2.05, 4.69) is 22.3 Å². The number of nitrogens with two attached hydrogens (primary N) is 1. The quantitative estimate of drug-likeness (QED) is 0.490. The van der Waals surface area contributed by atoms with E-state index in [1.54, 1.807) is 11.8 Å². The lowest BCUT2D eigenvalue weighted by atomic mass is 9.97. The second-order valence-electron chi connectivity index (χ2n) is 7.45. The Balaban J connectivity index is 1.36. The van der Waals surface area contributed by atoms with Crippen LogP contribution in [0.4, 0.5) is 0 Å². The van der Waals surface area contributed by atoms with Crippen molar-refractivity contribution in [3.8, 4) is 0 Å². The van der Waals surface area contributed by atoms with Gasteiger partial charge in [-0.25, -0.2) is 0 Å². The molecule has 0 radical (unpaired) electrons. The predicted octanol–water partition coefficient (Wildman–Crippen LogP) is 3.30. The summed E-state index contributed by atoms with van der Waals surface area (Å²) in [5.41, 5.74) is 7.39. The maximum Gasteiger partial charge on any atom is 0.251 e. The molecular formula is C23H29N3O2S. The van der Waals surface area contributed by atoms with Crippen LogP contribution in [-0.2, 0) is 10.5 Å². The molecule has 5 nitrogen and oxygen atoms in total. The van der Waals surface area contributed by atoms with Crippen LogP contribution in [0.3, 0.4) is 0 Å². The largest absolute Gasteiger partial charge is 0.369 e. The van der Waals surface area contributed by atoms with Gasteiger partial charge in [0.25, 0.3) is 5.91 Å². The molecule has 3 rings (SSSR count). The van der Waals surface area contributed by atoms with E-state index in [4.69, 9.17) is 5.73 Å². The first-order chi connectivity index (χ1) is 14.1. The minimum Gasteiger partial charge on any atom is -0.369 e. The van der Waals surface area contributed by atoms with E-state index in [1.165, 1.54) is 5.56 Å². The number of carbonyl (C=O) groups is 2. The summed E-state index contributed by atoms with van der Waals surface area (Å²) >= 11 is 1.76. The third-order valence-electron chi connectivity index (χ3n) is 5.21. The van der Waals surface area contributed by atoms with E-state index < -0.39 is 0 Å². The van der Waals surface area contributed by atoms with Crippen molar-refractivity contribution in [2.24, 2.45) is 11.7 Å². The van der Waals surface area contributed by atoms with Crippen molar-refractivity contribution in [1.29, 1.82) is 0 Å². The van der Waals surface area contributed by atoms with E-state index in [-0.39, 0.29) is 17.7 Å². The van der Waals surface area contributed by atoms with Gasteiger partial charge in [0.05, 0.1) is 5.92 Å². The molecule has 0 aromatic heterocycles. The van der Waals surface area contributed by atoms with E-state index in [9.17, 15) is 9.59 Å². The van der Waals surface area contributed by atoms with Crippen molar-refractivity contribution < 1.29 is 9.59 Å². The number of thioether (sulfide) groups is 1. The molecule has 3 N–H and O–H groups in total. The van der Waals surface area contributed by atoms with Crippen LogP contribution in [-0.4, -0.2) is 42.9 Å². The first kappa shape index (κ1) is 21.4. The highest BCUT2D eigenvalue weighted by Crippen LogP contribution is 2.23. The average molecular weight is 412 g/mol. The molecule has 0 spiro atoms. The van der Waals surface area contributed by atoms with Crippen LogP contribution >= 0.6 is 11.8 Å². The zero-order valence-electron chi connectivity index (χ0n) is 16.7. The smallest absolute Gasteiger partial charge is 0.251 e. The maximum atomic E-state index is 12.3. The topological polar surface area (TPSA) is 75.4 Å². The summed E-state index contributed by atoms with van der Waals surface area (Å²) in [4.78, 5) is 27.1. The summed E-state index contributed by atoms with van der Waals surface area (Å²) in [7, 11) is 0. The number of rotatable bonds is 9. The minimum atomic E-state index is -0.201. The Labute approximate surface area is 177 Å². The number of benzene rings is 2. The van der Waals surface area contributed by atoms with Crippen molar-refractivity contribution in [3.63, 3.8) is 0 Å². The van der Waals surface area contributed by atoms with Gasteiger partial charge in [-0.05, 0) is 62.2 Å². The van der Waals surface area contributed by atoms with Crippen molar-refractivity contribution >= 4 is 23.6 Å². The number of carbonyl (C=O) groups excluding carboxylic acids is 2. The Bertz CT molecular complexity index is 796. The molecule has 1 fully saturated rings. The zero-order valence-corrected chi connectivity index (χ0v) is 17.5. The molecule has 0 aliphatic carbocycles. The standard InChI is InChI=1S/C23H29N3O2S/c24-22(27)20-8-4-14-26(16-20)15-5-13-25-23(28)19-9-11-21(12-10-19)29-17-18-6-2-1-3-7-18/h1-3,6-7,9-12,20H,4-5,8,13-17H2,(H2,24,27)(H,25,28). The lowest BCUT2D eigenvalue weighted by Gasteiger charge is -2.31. The van der Waals surface area contributed by atoms with E-state index in [0.717, 1.165) is 49.5 Å². The fourth-order valence-electron chi connectivity index (χ4n) is 3.54. The molecule has 1 aliphatic heterocycles. The van der Waals surface area contributed by atoms with Crippen LogP contribution in [0.1, 0.15) is 35.2 Å². The van der Waals surface area contributed by atoms with Gasteiger partial charge in [0.1, 0.15) is 0 Å². The molecule has 154 valence electrons. The molecular weight excluding hydrogens is 382 g/mol. The summed E-state index contributed by atoms with van der Waals surface area (Å²) < 4.78 is 0. The van der Waals surface area contributed by atoms with E-state index in [0.29, 0.717) is 12.1 Å². The van der Waals surface area contributed by atoms with Crippen LogP contribution in [0, 0.1) is 5.92 Å². The van der Waals surface area contributed by atoms with Gasteiger partial charge in [0.15, 0.2) is 0 Å². The summed E-state index contributed by atoms with van der Waals surface area (Å²) in [6.07, 6.45) is 2.76. The lowest BCUT2D eigenvalue weighted by Crippen LogP contribution is -2.42. The van der Waals surface area contributed by atoms with Gasteiger partial charge in [0.2, 0.25) is 5.91 Å². The molecule has 29 heavy (non-hydrogen) atoms. The van der Waals surface area contributed by atoms with Crippen LogP contribution in [0.2, 0.25) is 0 Å². The van der Waals surface area contributed by atoms with Crippen molar-refractivity contribution in [3.05, 3.63) is 65.7 Å². The predicted molar refractivity (Wildman–Crippen MR) is 118 cm³/mol. The number of amides is 2. The normalized spacial score (nSPS) is 17.0. The van der Waals surface area contributed by atoms with Crippen LogP contribution in [0.5, 0.6) is 0 Å². The zero-order chi connectivity index (χ0) is 20.5. The molecule has 6 heteroatoms. The Morgan fingerprint density at radius 3 is 2.59 bits per heavy atom. The number of piperidine rings is 1. The third kappa shape index (κ3) is 6.91. The molecule has 1 atom stereocenters. The Morgan fingerprint density at radius 2 is 1.86 bits per heavy atom. The first-order valence-electron chi connectivity index (χ1n) is 10.2. The second kappa shape index (κ2) is 11.0. The molecule has 1 heterocycles. The molecule has 1 saturated heterocycles. The molecule has 0 saturated carbocycles. The van der Waals surface area contributed by atoms with Crippen molar-refractivity contribution in [1.82, 2.24) is 10.2 Å². The van der Waals surface area contributed by atoms with Crippen LogP contribution in [0.25, 0.3) is 0 Å². The van der Waals surface area contributed by atoms with Crippen molar-refractivity contribution in [2.75, 3.05) is 26.2 Å². The lowest BCUT2D eigenvalue weighted by molar-refractivity contribution is -0.123. The number of nitrogens with one attached hydrogen (secondary N) is 1. The van der Waals surface area contributed by atoms with Crippen LogP contribution in [0.15, 0.2) is 59.5 Å². The van der Waals surface area contributed by atoms with Gasteiger partial charge in [-0.3, -0.25) is 9.59 Å². The Kier molecular flexibility index (Phi) is 8.14. The van der Waals surface area contributed by atoms with Crippen molar-refractivity contribution in [2.45, 2.75) is 29.9 Å². The van der Waals surface area contributed by atoms with Gasteiger partial charge >= 0.3 is 0 Å². The summed E-state index contributed by atoms with van der Waals surface area (Å²) in [6.45, 7) is 3.24. The first-order valence-corrected chi connectivity index (χ1v) is 11.2. The van der Waals surface area contributed by atoms with Gasteiger partial charge in [-0.1, -0.05) is 30.3 Å². The van der Waals surface area contributed by atoms with Gasteiger partial charge in [-0.15, -0.1) is 11.8 Å². The molecule has 1 aliphatic rings. The molecule has 1 unspecified atom stereocenters. The third-order valence-corrected chi connectivity index (χ3v) is 6.29. The monoisotopic (exact) mass is 411 g/mol. The number of primary amides is 1. The summed E-state index contributed by atoms with van der Waals surface area (Å²) in [5, 5.41) is 2.99. The number of likely N-dealkylation sites (tertiary alicyclic amines) is 1. The average Bonchev–Trinajstić information content (AvgIpc) is 2.76.